The molecule has 0 heterocycles. The summed E-state index contributed by atoms with van der Waals surface area (Å²) in [6.07, 6.45) is 2.26. The van der Waals surface area contributed by atoms with E-state index in [1.54, 1.807) is 12.1 Å². The van der Waals surface area contributed by atoms with Crippen molar-refractivity contribution in [2.24, 2.45) is 0 Å². The SMILES string of the molecule is CC1(C)CCC(C)(C)c2cc(C(=O)CNc3ccc(C(=O)O)cc3)ccc21. The molecule has 0 radical (unpaired) electrons. The lowest BCUT2D eigenvalue weighted by Gasteiger charge is -2.42. The van der Waals surface area contributed by atoms with E-state index in [1.165, 1.54) is 23.3 Å². The van der Waals surface area contributed by atoms with E-state index in [9.17, 15) is 9.59 Å². The van der Waals surface area contributed by atoms with Gasteiger partial charge in [-0.05, 0) is 65.1 Å². The van der Waals surface area contributed by atoms with Gasteiger partial charge in [0.1, 0.15) is 0 Å². The van der Waals surface area contributed by atoms with Gasteiger partial charge in [-0.25, -0.2) is 4.79 Å². The molecule has 0 saturated heterocycles. The van der Waals surface area contributed by atoms with Gasteiger partial charge in [0.25, 0.3) is 0 Å². The molecule has 0 aliphatic heterocycles. The lowest BCUT2D eigenvalue weighted by Crippen LogP contribution is -2.34. The van der Waals surface area contributed by atoms with E-state index < -0.39 is 5.97 Å². The molecule has 0 saturated carbocycles. The zero-order valence-electron chi connectivity index (χ0n) is 16.4. The highest BCUT2D eigenvalue weighted by atomic mass is 16.4. The Morgan fingerprint density at radius 3 is 2.04 bits per heavy atom. The minimum absolute atomic E-state index is 0.0271. The molecule has 2 aromatic rings. The van der Waals surface area contributed by atoms with Crippen molar-refractivity contribution in [1.29, 1.82) is 0 Å². The van der Waals surface area contributed by atoms with Crippen LogP contribution < -0.4 is 5.32 Å². The van der Waals surface area contributed by atoms with Gasteiger partial charge in [-0.3, -0.25) is 4.79 Å². The fourth-order valence-electron chi connectivity index (χ4n) is 3.78. The molecule has 2 aromatic carbocycles. The van der Waals surface area contributed by atoms with Crippen LogP contribution in [0.1, 0.15) is 72.4 Å². The zero-order valence-corrected chi connectivity index (χ0v) is 16.4. The first-order valence-corrected chi connectivity index (χ1v) is 9.36. The smallest absolute Gasteiger partial charge is 0.335 e. The quantitative estimate of drug-likeness (QED) is 0.730. The average molecular weight is 365 g/mol. The van der Waals surface area contributed by atoms with E-state index in [2.05, 4.69) is 45.1 Å². The fraction of sp³-hybridized carbons (Fsp3) is 0.391. The second kappa shape index (κ2) is 6.84. The molecule has 1 aliphatic rings. The van der Waals surface area contributed by atoms with Gasteiger partial charge in [0.15, 0.2) is 5.78 Å². The van der Waals surface area contributed by atoms with Gasteiger partial charge in [-0.15, -0.1) is 0 Å². The van der Waals surface area contributed by atoms with Gasteiger partial charge >= 0.3 is 5.97 Å². The predicted molar refractivity (Wildman–Crippen MR) is 108 cm³/mol. The minimum atomic E-state index is -0.961. The molecule has 27 heavy (non-hydrogen) atoms. The average Bonchev–Trinajstić information content (AvgIpc) is 2.63. The number of Topliss-reactive ketones (excluding diaryl/α,β-unsaturated/α-hetero) is 1. The molecule has 0 spiro atoms. The number of anilines is 1. The van der Waals surface area contributed by atoms with Crippen molar-refractivity contribution in [1.82, 2.24) is 0 Å². The van der Waals surface area contributed by atoms with Crippen LogP contribution in [0, 0.1) is 0 Å². The Labute approximate surface area is 160 Å². The number of aromatic carboxylic acids is 1. The molecule has 1 aliphatic carbocycles. The number of carbonyl (C=O) groups excluding carboxylic acids is 1. The van der Waals surface area contributed by atoms with Crippen LogP contribution >= 0.6 is 0 Å². The second-order valence-electron chi connectivity index (χ2n) is 8.69. The van der Waals surface area contributed by atoms with Gasteiger partial charge < -0.3 is 10.4 Å². The van der Waals surface area contributed by atoms with E-state index in [0.29, 0.717) is 5.56 Å². The highest BCUT2D eigenvalue weighted by Crippen LogP contribution is 2.45. The van der Waals surface area contributed by atoms with Crippen molar-refractivity contribution in [3.8, 4) is 0 Å². The van der Waals surface area contributed by atoms with E-state index in [0.717, 1.165) is 18.5 Å². The van der Waals surface area contributed by atoms with Crippen molar-refractivity contribution in [2.45, 2.75) is 51.4 Å². The van der Waals surface area contributed by atoms with E-state index >= 15 is 0 Å². The van der Waals surface area contributed by atoms with Crippen LogP contribution in [0.4, 0.5) is 5.69 Å². The van der Waals surface area contributed by atoms with Crippen LogP contribution in [0.3, 0.4) is 0 Å². The Hall–Kier alpha value is -2.62. The minimum Gasteiger partial charge on any atom is -0.478 e. The Morgan fingerprint density at radius 1 is 0.889 bits per heavy atom. The van der Waals surface area contributed by atoms with E-state index in [-0.39, 0.29) is 28.7 Å². The number of fused-ring (bicyclic) bond motifs is 1. The molecular formula is C23H27NO3. The van der Waals surface area contributed by atoms with Crippen molar-refractivity contribution < 1.29 is 14.7 Å². The normalized spacial score (nSPS) is 17.0. The number of carboxylic acid groups (broad SMARTS) is 1. The summed E-state index contributed by atoms with van der Waals surface area (Å²) in [6, 6.07) is 12.5. The van der Waals surface area contributed by atoms with Crippen molar-refractivity contribution in [3.05, 3.63) is 64.7 Å². The van der Waals surface area contributed by atoms with Gasteiger partial charge in [0, 0.05) is 11.3 Å². The largest absolute Gasteiger partial charge is 0.478 e. The summed E-state index contributed by atoms with van der Waals surface area (Å²) in [5.74, 6) is -0.934. The maximum absolute atomic E-state index is 12.7. The highest BCUT2D eigenvalue weighted by Gasteiger charge is 2.37. The molecule has 142 valence electrons. The molecule has 2 N–H and O–H groups in total. The highest BCUT2D eigenvalue weighted by molar-refractivity contribution is 5.99. The van der Waals surface area contributed by atoms with Crippen molar-refractivity contribution in [3.63, 3.8) is 0 Å². The molecule has 4 nitrogen and oxygen atoms in total. The van der Waals surface area contributed by atoms with Gasteiger partial charge in [-0.1, -0.05) is 39.8 Å². The van der Waals surface area contributed by atoms with Crippen molar-refractivity contribution >= 4 is 17.4 Å². The Balaban J connectivity index is 1.77. The van der Waals surface area contributed by atoms with Crippen LogP contribution in [0.25, 0.3) is 0 Å². The van der Waals surface area contributed by atoms with Crippen molar-refractivity contribution in [2.75, 3.05) is 11.9 Å². The number of hydrogen-bond donors (Lipinski definition) is 2. The predicted octanol–water partition coefficient (Wildman–Crippen LogP) is 5.03. The maximum atomic E-state index is 12.7. The first kappa shape index (κ1) is 19.2. The summed E-state index contributed by atoms with van der Waals surface area (Å²) in [4.78, 5) is 23.6. The Kier molecular flexibility index (Phi) is 4.85. The summed E-state index contributed by atoms with van der Waals surface area (Å²) < 4.78 is 0. The Morgan fingerprint density at radius 2 is 1.44 bits per heavy atom. The first-order chi connectivity index (χ1) is 12.6. The van der Waals surface area contributed by atoms with Crippen LogP contribution in [0.15, 0.2) is 42.5 Å². The molecule has 0 aromatic heterocycles. The molecule has 0 fully saturated rings. The summed E-state index contributed by atoms with van der Waals surface area (Å²) in [6.45, 7) is 9.21. The monoisotopic (exact) mass is 365 g/mol. The number of benzene rings is 2. The number of ketones is 1. The van der Waals surface area contributed by atoms with E-state index in [4.69, 9.17) is 5.11 Å². The third-order valence-corrected chi connectivity index (χ3v) is 5.76. The molecule has 4 heteroatoms. The number of carbonyl (C=O) groups is 2. The molecule has 0 atom stereocenters. The zero-order chi connectivity index (χ0) is 19.8. The summed E-state index contributed by atoms with van der Waals surface area (Å²) in [5, 5.41) is 12.0. The molecule has 3 rings (SSSR count). The van der Waals surface area contributed by atoms with Crippen LogP contribution in [-0.2, 0) is 10.8 Å². The first-order valence-electron chi connectivity index (χ1n) is 9.36. The fourth-order valence-corrected chi connectivity index (χ4v) is 3.78. The van der Waals surface area contributed by atoms with Gasteiger partial charge in [0.05, 0.1) is 12.1 Å². The lowest BCUT2D eigenvalue weighted by atomic mass is 9.63. The summed E-state index contributed by atoms with van der Waals surface area (Å²) in [5.41, 5.74) is 4.49. The topological polar surface area (TPSA) is 66.4 Å². The van der Waals surface area contributed by atoms with Crippen LogP contribution in [0.5, 0.6) is 0 Å². The Bertz CT molecular complexity index is 879. The molecule has 0 amide bonds. The van der Waals surface area contributed by atoms with Crippen LogP contribution in [0.2, 0.25) is 0 Å². The standard InChI is InChI=1S/C23H27NO3/c1-22(2)11-12-23(3,4)19-13-16(7-10-18(19)22)20(25)14-24-17-8-5-15(6-9-17)21(26)27/h5-10,13,24H,11-12,14H2,1-4H3,(H,26,27). The number of hydrogen-bond acceptors (Lipinski definition) is 3. The van der Waals surface area contributed by atoms with Crippen LogP contribution in [-0.4, -0.2) is 23.4 Å². The lowest BCUT2D eigenvalue weighted by molar-refractivity contribution is 0.0696. The molecule has 0 unspecified atom stereocenters. The third kappa shape index (κ3) is 3.90. The number of nitrogens with one attached hydrogen (secondary N) is 1. The molecular weight excluding hydrogens is 338 g/mol. The molecule has 0 bridgehead atoms. The van der Waals surface area contributed by atoms with Gasteiger partial charge in [0.2, 0.25) is 0 Å². The van der Waals surface area contributed by atoms with E-state index in [1.807, 2.05) is 6.07 Å². The number of rotatable bonds is 5. The van der Waals surface area contributed by atoms with Gasteiger partial charge in [-0.2, -0.15) is 0 Å². The summed E-state index contributed by atoms with van der Waals surface area (Å²) >= 11 is 0. The second-order valence-corrected chi connectivity index (χ2v) is 8.69. The summed E-state index contributed by atoms with van der Waals surface area (Å²) in [7, 11) is 0. The number of carboxylic acids is 1. The maximum Gasteiger partial charge on any atom is 0.335 e. The third-order valence-electron chi connectivity index (χ3n) is 5.76.